The van der Waals surface area contributed by atoms with Gasteiger partial charge in [0.15, 0.2) is 0 Å². The van der Waals surface area contributed by atoms with E-state index in [1.54, 1.807) is 0 Å². The molecule has 0 fully saturated rings. The summed E-state index contributed by atoms with van der Waals surface area (Å²) in [5.41, 5.74) is 23.5. The minimum absolute atomic E-state index is 0.0357. The molecule has 0 bridgehead atoms. The lowest BCUT2D eigenvalue weighted by Gasteiger charge is -2.46. The quantitative estimate of drug-likeness (QED) is 0.0886. The zero-order valence-electron chi connectivity index (χ0n) is 82.2. The summed E-state index contributed by atoms with van der Waals surface area (Å²) in [5, 5.41) is 15.7. The summed E-state index contributed by atoms with van der Waals surface area (Å²) in [6.07, 6.45) is 18.2. The summed E-state index contributed by atoms with van der Waals surface area (Å²) in [5.74, 6) is 4.02. The van der Waals surface area contributed by atoms with E-state index in [1.807, 2.05) is 0 Å². The SMILES string of the molecule is CB1C(C(C)(C)C)=c2ccccc2=C(C)N1N1C=CN(C)[C@@H]1C.CB1C(C(C)(C)C)=c2ccccc2=C(C)N1N1C=CN(c2ccccc2)[C@@H]1C.CB1C(C(C)(C)C)=c2ccccc2=C(C)N1c1n(-c2c(C(C)C)cc(-c3ccccc3)cc2C(C)C)cc[n+]1C.CB1C(C(C)(C)C)=c2ccccc2=C(C)N1c1n(-c2c(C(C)C)cccc2C(C)C)cc[n+]1C. The van der Waals surface area contributed by atoms with Gasteiger partial charge >= 0.3 is 39.3 Å². The van der Waals surface area contributed by atoms with Gasteiger partial charge in [-0.15, -0.1) is 0 Å². The van der Waals surface area contributed by atoms with Crippen molar-refractivity contribution in [2.24, 2.45) is 35.8 Å². The first-order valence-corrected chi connectivity index (χ1v) is 46.3. The van der Waals surface area contributed by atoms with E-state index >= 15 is 0 Å². The van der Waals surface area contributed by atoms with Gasteiger partial charge < -0.3 is 19.6 Å². The van der Waals surface area contributed by atoms with Crippen LogP contribution in [0.2, 0.25) is 27.3 Å². The van der Waals surface area contributed by atoms with Crippen molar-refractivity contribution in [1.29, 1.82) is 0 Å². The summed E-state index contributed by atoms with van der Waals surface area (Å²) in [4.78, 5) is 14.7. The molecule has 0 amide bonds. The minimum Gasteiger partial charge on any atom is -0.358 e. The Kier molecular flexibility index (Phi) is 26.5. The summed E-state index contributed by atoms with van der Waals surface area (Å²) in [6, 6.07) is 68.6. The Bertz CT molecular complexity index is 6230. The predicted octanol–water partition coefficient (Wildman–Crippen LogP) is 19.3. The first-order valence-electron chi connectivity index (χ1n) is 46.3. The first kappa shape index (κ1) is 92.0. The molecule has 2 atom stereocenters. The molecule has 0 unspecified atom stereocenters. The van der Waals surface area contributed by atoms with E-state index in [-0.39, 0.29) is 48.4 Å². The second-order valence-electron chi connectivity index (χ2n) is 41.3. The van der Waals surface area contributed by atoms with Crippen LogP contribution in [-0.2, 0) is 14.1 Å². The van der Waals surface area contributed by atoms with E-state index < -0.39 is 0 Å². The van der Waals surface area contributed by atoms with Gasteiger partial charge in [-0.25, -0.2) is 18.3 Å². The van der Waals surface area contributed by atoms with Crippen molar-refractivity contribution >= 4 is 89.7 Å². The maximum absolute atomic E-state index is 2.57. The Balaban J connectivity index is 0.000000146. The van der Waals surface area contributed by atoms with E-state index in [9.17, 15) is 0 Å². The molecule has 10 aromatic rings. The highest BCUT2D eigenvalue weighted by molar-refractivity contribution is 6.82. The summed E-state index contributed by atoms with van der Waals surface area (Å²) < 4.78 is 9.50. The number of hydrogen-bond acceptors (Lipinski definition) is 8. The third kappa shape index (κ3) is 17.5. The number of imidazole rings is 2. The van der Waals surface area contributed by atoms with Crippen molar-refractivity contribution in [2.75, 3.05) is 21.6 Å². The first-order chi connectivity index (χ1) is 58.9. The topological polar surface area (TPSA) is 43.5 Å². The van der Waals surface area contributed by atoms with Gasteiger partial charge in [0.2, 0.25) is 0 Å². The van der Waals surface area contributed by atoms with Crippen molar-refractivity contribution in [3.63, 3.8) is 0 Å². The lowest BCUT2D eigenvalue weighted by atomic mass is 9.47. The molecule has 16 heteroatoms. The van der Waals surface area contributed by atoms with Gasteiger partial charge in [-0.3, -0.25) is 19.6 Å². The molecule has 6 aliphatic heterocycles. The zero-order chi connectivity index (χ0) is 90.9. The molecule has 0 saturated heterocycles. The summed E-state index contributed by atoms with van der Waals surface area (Å²) in [7, 11) is 6.50. The normalized spacial score (nSPS) is 16.7. The van der Waals surface area contributed by atoms with Gasteiger partial charge in [-0.05, 0) is 190 Å². The number of para-hydroxylation sites is 2. The van der Waals surface area contributed by atoms with Crippen molar-refractivity contribution < 1.29 is 9.13 Å². The molecular weight excluding hydrogens is 1520 g/mol. The number of aryl methyl sites for hydroxylation is 2. The number of hydrazine groups is 2. The van der Waals surface area contributed by atoms with E-state index in [0.29, 0.717) is 36.7 Å². The van der Waals surface area contributed by atoms with Crippen LogP contribution in [0.4, 0.5) is 17.6 Å². The van der Waals surface area contributed by atoms with Gasteiger partial charge in [0.05, 0.1) is 37.9 Å². The number of aromatic nitrogens is 4. The number of anilines is 3. The highest BCUT2D eigenvalue weighted by Crippen LogP contribution is 2.44. The third-order valence-electron chi connectivity index (χ3n) is 27.1. The molecule has 650 valence electrons. The van der Waals surface area contributed by atoms with Crippen molar-refractivity contribution in [3.05, 3.63) is 302 Å². The number of fused-ring (bicyclic) bond motifs is 4. The van der Waals surface area contributed by atoms with Crippen LogP contribution in [0.5, 0.6) is 0 Å². The highest BCUT2D eigenvalue weighted by atomic mass is 15.7. The van der Waals surface area contributed by atoms with Crippen molar-refractivity contribution in [3.8, 4) is 22.5 Å². The van der Waals surface area contributed by atoms with Gasteiger partial charge in [-0.1, -0.05) is 327 Å². The van der Waals surface area contributed by atoms with Crippen LogP contribution in [0, 0.1) is 21.7 Å². The average molecular weight is 1670 g/mol. The predicted molar refractivity (Wildman–Crippen MR) is 539 cm³/mol. The molecule has 2 aromatic heterocycles. The monoisotopic (exact) mass is 1670 g/mol. The standard InChI is InChI=1S/C36H45BN3.C30H41BN3.C24H30BN3.C19H28BN3/c1-24(2)31-22-28(27-16-12-11-13-17-27)23-32(25(3)4)33(31)39-21-20-38(10)35(39)40-26(5)29-18-14-15-19-30(29)34(37(40)9)36(6,7)8;1-20(2)23-16-13-17-24(21(3)4)27(23)33-19-18-32(10)29(33)34-22(5)25-14-11-12-15-26(25)28(31(34)9)30(6,7)8;1-18-21-14-10-11-15-22(21)23(24(3,4)5)25(6)28(18)27-17-16-26(19(27)2)20-12-8-7-9-13-20;1-14-16-10-8-9-11-17(16)18(19(3,4)5)20(6)23(14)22-13-12-21(7)15(22)2/h11-25H,1-10H3;11-21H,1-10H3;7-17,19H,1-6H3;8-13,15H,1-7H3/q2*+1;;/t;;19-;15-/m..00/s1. The third-order valence-corrected chi connectivity index (χ3v) is 27.1. The lowest BCUT2D eigenvalue weighted by Crippen LogP contribution is -2.59. The van der Waals surface area contributed by atoms with Crippen LogP contribution in [0.1, 0.15) is 226 Å². The molecule has 16 rings (SSSR count). The van der Waals surface area contributed by atoms with Gasteiger partial charge in [0.25, 0.3) is 0 Å². The van der Waals surface area contributed by atoms with Crippen LogP contribution < -0.4 is 65.4 Å². The Labute approximate surface area is 752 Å². The Morgan fingerprint density at radius 3 is 0.968 bits per heavy atom. The number of hydrogen-bond donors (Lipinski definition) is 0. The minimum atomic E-state index is 0.0357. The smallest absolute Gasteiger partial charge is 0.358 e. The zero-order valence-corrected chi connectivity index (χ0v) is 82.2. The van der Waals surface area contributed by atoms with Gasteiger partial charge in [0.1, 0.15) is 36.1 Å². The molecular formula is C109H144B4N12+2. The van der Waals surface area contributed by atoms with Crippen LogP contribution in [0.3, 0.4) is 0 Å². The van der Waals surface area contributed by atoms with Crippen LogP contribution >= 0.6 is 0 Å². The summed E-state index contributed by atoms with van der Waals surface area (Å²) >= 11 is 0. The average Bonchev–Trinajstić information content (AvgIpc) is 1.71. The highest BCUT2D eigenvalue weighted by Gasteiger charge is 2.47. The number of nitrogens with zero attached hydrogens (tertiary/aromatic N) is 12. The van der Waals surface area contributed by atoms with E-state index in [0.717, 1.165) is 0 Å². The van der Waals surface area contributed by atoms with E-state index in [1.165, 1.54) is 149 Å². The molecule has 8 aromatic carbocycles. The van der Waals surface area contributed by atoms with Gasteiger partial charge in [0, 0.05) is 69.8 Å². The van der Waals surface area contributed by atoms with Gasteiger partial charge in [-0.2, -0.15) is 0 Å². The molecule has 0 aliphatic carbocycles. The maximum atomic E-state index is 2.57. The van der Waals surface area contributed by atoms with Crippen molar-refractivity contribution in [2.45, 2.75) is 243 Å². The van der Waals surface area contributed by atoms with Crippen LogP contribution in [0.25, 0.3) is 67.2 Å². The largest absolute Gasteiger partial charge is 0.370 e. The van der Waals surface area contributed by atoms with E-state index in [2.05, 4.69) is 524 Å². The fourth-order valence-electron chi connectivity index (χ4n) is 21.5. The Morgan fingerprint density at radius 1 is 0.328 bits per heavy atom. The molecule has 8 heterocycles. The number of benzene rings is 8. The molecule has 12 nitrogen and oxygen atoms in total. The maximum Gasteiger partial charge on any atom is 0.370 e. The summed E-state index contributed by atoms with van der Waals surface area (Å²) in [6.45, 7) is 70.6. The fourth-order valence-corrected chi connectivity index (χ4v) is 21.5. The van der Waals surface area contributed by atoms with Crippen LogP contribution in [0.15, 0.2) is 238 Å². The fraction of sp³-hybridized carbons (Fsp3) is 0.394. The van der Waals surface area contributed by atoms with E-state index in [4.69, 9.17) is 0 Å². The number of rotatable bonds is 12. The molecule has 0 N–H and O–H groups in total. The Morgan fingerprint density at radius 2 is 0.632 bits per heavy atom. The Hall–Kier alpha value is -10.7. The molecule has 0 saturated carbocycles. The molecule has 0 spiro atoms. The lowest BCUT2D eigenvalue weighted by molar-refractivity contribution is -0.657. The molecule has 125 heavy (non-hydrogen) atoms. The van der Waals surface area contributed by atoms with Crippen LogP contribution in [-0.4, -0.2) is 80.7 Å². The second kappa shape index (κ2) is 36.0. The van der Waals surface area contributed by atoms with Crippen molar-refractivity contribution in [1.82, 2.24) is 33.9 Å². The second-order valence-corrected chi connectivity index (χ2v) is 41.3. The molecule has 0 radical (unpaired) electrons. The molecule has 6 aliphatic rings.